The van der Waals surface area contributed by atoms with Crippen molar-refractivity contribution < 1.29 is 26.8 Å². The first-order chi connectivity index (χ1) is 4.41. The zero-order valence-electron chi connectivity index (χ0n) is 7.71. The van der Waals surface area contributed by atoms with E-state index in [1.54, 1.807) is 0 Å². The van der Waals surface area contributed by atoms with Crippen molar-refractivity contribution in [2.75, 3.05) is 6.61 Å². The monoisotopic (exact) mass is 250 g/mol. The van der Waals surface area contributed by atoms with Crippen molar-refractivity contribution >= 4 is 24.8 Å². The van der Waals surface area contributed by atoms with Gasteiger partial charge in [-0.2, -0.15) is 0 Å². The molecule has 0 saturated carbocycles. The molecule has 0 aliphatic heterocycles. The topological polar surface area (TPSA) is 20.2 Å². The summed E-state index contributed by atoms with van der Waals surface area (Å²) in [5, 5.41) is 8.42. The van der Waals surface area contributed by atoms with Crippen LogP contribution >= 0.6 is 24.8 Å². The van der Waals surface area contributed by atoms with E-state index in [9.17, 15) is 0 Å². The second kappa shape index (κ2) is 22.8. The predicted octanol–water partition coefficient (Wildman–Crippen LogP) is 3.18. The minimum absolute atomic E-state index is 0. The Morgan fingerprint density at radius 2 is 1.25 bits per heavy atom. The zero-order chi connectivity index (χ0) is 6.95. The summed E-state index contributed by atoms with van der Waals surface area (Å²) in [5.41, 5.74) is 0. The van der Waals surface area contributed by atoms with Crippen molar-refractivity contribution in [3.8, 4) is 0 Å². The summed E-state index contributed by atoms with van der Waals surface area (Å²) in [6, 6.07) is 0. The standard InChI is InChI=1S/C8H18O.2ClH.Ti/c1-2-3-4-5-6-7-8-9;;;/h9H,2-8H2,1H3;2*1H;. The Bertz CT molecular complexity index is 50.3. The maximum Gasteiger partial charge on any atom is 0.0431 e. The Hall–Kier alpha value is 1.25. The maximum absolute atomic E-state index is 8.42. The third kappa shape index (κ3) is 22.5. The van der Waals surface area contributed by atoms with Gasteiger partial charge < -0.3 is 5.11 Å². The first-order valence-corrected chi connectivity index (χ1v) is 4.02. The number of aliphatic hydroxyl groups excluding tert-OH is 1. The van der Waals surface area contributed by atoms with E-state index >= 15 is 0 Å². The molecule has 0 radical (unpaired) electrons. The van der Waals surface area contributed by atoms with Crippen LogP contribution in [-0.2, 0) is 21.7 Å². The van der Waals surface area contributed by atoms with E-state index in [0.717, 1.165) is 6.42 Å². The van der Waals surface area contributed by atoms with E-state index in [1.807, 2.05) is 0 Å². The van der Waals surface area contributed by atoms with Crippen LogP contribution in [-0.4, -0.2) is 11.7 Å². The van der Waals surface area contributed by atoms with Gasteiger partial charge in [0, 0.05) is 28.3 Å². The van der Waals surface area contributed by atoms with Crippen molar-refractivity contribution in [3.63, 3.8) is 0 Å². The Morgan fingerprint density at radius 3 is 1.67 bits per heavy atom. The predicted molar refractivity (Wildman–Crippen MR) is 55.0 cm³/mol. The number of unbranched alkanes of at least 4 members (excludes halogenated alkanes) is 5. The number of hydrogen-bond donors (Lipinski definition) is 1. The normalized spacial score (nSPS) is 7.50. The molecule has 1 N–H and O–H groups in total. The van der Waals surface area contributed by atoms with Crippen LogP contribution in [0.2, 0.25) is 0 Å². The summed E-state index contributed by atoms with van der Waals surface area (Å²) < 4.78 is 0. The minimum atomic E-state index is 0. The van der Waals surface area contributed by atoms with Gasteiger partial charge in [0.2, 0.25) is 0 Å². The largest absolute Gasteiger partial charge is 0.396 e. The molecule has 4 heteroatoms. The number of halogens is 2. The molecule has 0 aliphatic rings. The van der Waals surface area contributed by atoms with Gasteiger partial charge in [0.05, 0.1) is 0 Å². The first kappa shape index (κ1) is 23.2. The van der Waals surface area contributed by atoms with Gasteiger partial charge >= 0.3 is 0 Å². The van der Waals surface area contributed by atoms with Crippen molar-refractivity contribution in [1.82, 2.24) is 0 Å². The molecule has 0 amide bonds. The fraction of sp³-hybridized carbons (Fsp3) is 1.00. The zero-order valence-corrected chi connectivity index (χ0v) is 10.9. The quantitative estimate of drug-likeness (QED) is 0.567. The molecule has 0 saturated heterocycles. The number of rotatable bonds is 6. The molecule has 0 fully saturated rings. The molecule has 0 heterocycles. The average molecular weight is 251 g/mol. The van der Waals surface area contributed by atoms with Gasteiger partial charge in [0.1, 0.15) is 0 Å². The van der Waals surface area contributed by atoms with E-state index in [0.29, 0.717) is 6.61 Å². The average Bonchev–Trinajstić information content (AvgIpc) is 1.89. The summed E-state index contributed by atoms with van der Waals surface area (Å²) in [6.07, 6.45) is 7.50. The molecule has 0 bridgehead atoms. The summed E-state index contributed by atoms with van der Waals surface area (Å²) in [7, 11) is 0. The van der Waals surface area contributed by atoms with Crippen molar-refractivity contribution in [3.05, 3.63) is 0 Å². The molecule has 0 aliphatic carbocycles. The van der Waals surface area contributed by atoms with Crippen molar-refractivity contribution in [2.24, 2.45) is 0 Å². The van der Waals surface area contributed by atoms with Gasteiger partial charge in [-0.25, -0.2) is 0 Å². The summed E-state index contributed by atoms with van der Waals surface area (Å²) in [6.45, 7) is 2.58. The second-order valence-electron chi connectivity index (χ2n) is 2.49. The van der Waals surface area contributed by atoms with E-state index in [4.69, 9.17) is 5.11 Å². The van der Waals surface area contributed by atoms with Crippen molar-refractivity contribution in [1.29, 1.82) is 0 Å². The van der Waals surface area contributed by atoms with Gasteiger partial charge in [0.25, 0.3) is 0 Å². The molecule has 0 atom stereocenters. The van der Waals surface area contributed by atoms with Crippen molar-refractivity contribution in [2.45, 2.75) is 45.4 Å². The number of hydrogen-bond acceptors (Lipinski definition) is 1. The summed E-state index contributed by atoms with van der Waals surface area (Å²) in [5.74, 6) is 0. The Labute approximate surface area is 103 Å². The van der Waals surface area contributed by atoms with Crippen LogP contribution in [0.1, 0.15) is 45.4 Å². The molecule has 0 unspecified atom stereocenters. The molecular formula is C8H20Cl2OTi. The SMILES string of the molecule is CCCCCCCCO.Cl.Cl.[Ti]. The fourth-order valence-electron chi connectivity index (χ4n) is 0.892. The Morgan fingerprint density at radius 1 is 0.833 bits per heavy atom. The third-order valence-electron chi connectivity index (χ3n) is 1.51. The second-order valence-corrected chi connectivity index (χ2v) is 2.49. The minimum Gasteiger partial charge on any atom is -0.396 e. The van der Waals surface area contributed by atoms with Crippen LogP contribution in [0.5, 0.6) is 0 Å². The van der Waals surface area contributed by atoms with E-state index < -0.39 is 0 Å². The molecule has 76 valence electrons. The molecule has 0 rings (SSSR count). The van der Waals surface area contributed by atoms with Gasteiger partial charge in [-0.15, -0.1) is 24.8 Å². The molecule has 0 spiro atoms. The maximum atomic E-state index is 8.42. The van der Waals surface area contributed by atoms with Crippen LogP contribution in [0.4, 0.5) is 0 Å². The Kier molecular flexibility index (Phi) is 44.1. The van der Waals surface area contributed by atoms with Gasteiger partial charge in [-0.05, 0) is 6.42 Å². The molecule has 1 nitrogen and oxygen atoms in total. The van der Waals surface area contributed by atoms with E-state index in [1.165, 1.54) is 32.1 Å². The molecule has 0 aromatic carbocycles. The van der Waals surface area contributed by atoms with Gasteiger partial charge in [0.15, 0.2) is 0 Å². The molecule has 0 aromatic rings. The van der Waals surface area contributed by atoms with Gasteiger partial charge in [-0.1, -0.05) is 39.0 Å². The molecule has 12 heavy (non-hydrogen) atoms. The smallest absolute Gasteiger partial charge is 0.0431 e. The van der Waals surface area contributed by atoms with Gasteiger partial charge in [-0.3, -0.25) is 0 Å². The number of aliphatic hydroxyl groups is 1. The van der Waals surface area contributed by atoms with Crippen LogP contribution in [0, 0.1) is 0 Å². The summed E-state index contributed by atoms with van der Waals surface area (Å²) >= 11 is 0. The van der Waals surface area contributed by atoms with Crippen LogP contribution < -0.4 is 0 Å². The third-order valence-corrected chi connectivity index (χ3v) is 1.51. The van der Waals surface area contributed by atoms with Crippen LogP contribution in [0.25, 0.3) is 0 Å². The van der Waals surface area contributed by atoms with E-state index in [-0.39, 0.29) is 46.5 Å². The van der Waals surface area contributed by atoms with E-state index in [2.05, 4.69) is 6.92 Å². The fourth-order valence-corrected chi connectivity index (χ4v) is 0.892. The Balaban J connectivity index is -0.000000107. The molecular weight excluding hydrogens is 231 g/mol. The molecule has 0 aromatic heterocycles. The first-order valence-electron chi connectivity index (χ1n) is 4.02. The summed E-state index contributed by atoms with van der Waals surface area (Å²) in [4.78, 5) is 0. The van der Waals surface area contributed by atoms with Crippen LogP contribution in [0.3, 0.4) is 0 Å². The van der Waals surface area contributed by atoms with Crippen LogP contribution in [0.15, 0.2) is 0 Å².